The highest BCUT2D eigenvalue weighted by molar-refractivity contribution is 5.49. The lowest BCUT2D eigenvalue weighted by molar-refractivity contribution is -0.108. The van der Waals surface area contributed by atoms with Gasteiger partial charge in [0.05, 0.1) is 6.61 Å². The number of aldehydes is 1. The van der Waals surface area contributed by atoms with E-state index < -0.39 is 0 Å². The Bertz CT molecular complexity index is 157. The summed E-state index contributed by atoms with van der Waals surface area (Å²) in [5, 5.41) is 0. The van der Waals surface area contributed by atoms with E-state index in [1.165, 1.54) is 51.4 Å². The average Bonchev–Trinajstić information content (AvgIpc) is 2.35. The maximum atomic E-state index is 10.2. The predicted octanol–water partition coefficient (Wildman–Crippen LogP) is 4.37. The van der Waals surface area contributed by atoms with Crippen LogP contribution in [0.4, 0.5) is 0 Å². The zero-order chi connectivity index (χ0) is 12.8. The molecule has 0 radical (unpaired) electrons. The number of hydrogen-bond acceptors (Lipinski definition) is 2. The molecular formula is C15H30O2. The second-order valence-electron chi connectivity index (χ2n) is 4.89. The van der Waals surface area contributed by atoms with Crippen LogP contribution in [0.5, 0.6) is 0 Å². The highest BCUT2D eigenvalue weighted by Gasteiger charge is 2.08. The number of rotatable bonds is 13. The van der Waals surface area contributed by atoms with Crippen molar-refractivity contribution in [1.82, 2.24) is 0 Å². The van der Waals surface area contributed by atoms with Gasteiger partial charge >= 0.3 is 0 Å². The molecule has 0 saturated heterocycles. The quantitative estimate of drug-likeness (QED) is 0.354. The van der Waals surface area contributed by atoms with E-state index in [1.807, 2.05) is 0 Å². The Labute approximate surface area is 107 Å². The maximum Gasteiger partial charge on any atom is 0.122 e. The van der Waals surface area contributed by atoms with Crippen LogP contribution in [0.1, 0.15) is 71.6 Å². The highest BCUT2D eigenvalue weighted by Crippen LogP contribution is 2.17. The van der Waals surface area contributed by atoms with Crippen molar-refractivity contribution >= 4 is 6.29 Å². The van der Waals surface area contributed by atoms with Crippen molar-refractivity contribution in [2.75, 3.05) is 13.2 Å². The molecule has 0 aliphatic heterocycles. The fraction of sp³-hybridized carbons (Fsp3) is 0.933. The lowest BCUT2D eigenvalue weighted by atomic mass is 9.96. The first kappa shape index (κ1) is 16.6. The van der Waals surface area contributed by atoms with Crippen LogP contribution in [0.3, 0.4) is 0 Å². The third-order valence-corrected chi connectivity index (χ3v) is 3.17. The van der Waals surface area contributed by atoms with Gasteiger partial charge < -0.3 is 9.53 Å². The normalized spacial score (nSPS) is 12.6. The van der Waals surface area contributed by atoms with E-state index >= 15 is 0 Å². The summed E-state index contributed by atoms with van der Waals surface area (Å²) in [6, 6.07) is 0. The van der Waals surface area contributed by atoms with E-state index in [4.69, 9.17) is 4.74 Å². The Hall–Kier alpha value is -0.370. The summed E-state index contributed by atoms with van der Waals surface area (Å²) in [7, 11) is 0. The summed E-state index contributed by atoms with van der Waals surface area (Å²) in [5.74, 6) is 0.707. The molecule has 0 aliphatic carbocycles. The van der Waals surface area contributed by atoms with Crippen molar-refractivity contribution < 1.29 is 9.53 Å². The van der Waals surface area contributed by atoms with Crippen molar-refractivity contribution in [2.45, 2.75) is 71.6 Å². The van der Waals surface area contributed by atoms with Gasteiger partial charge in [0.1, 0.15) is 6.29 Å². The molecule has 0 aromatic heterocycles. The van der Waals surface area contributed by atoms with Crippen LogP contribution in [-0.4, -0.2) is 19.5 Å². The van der Waals surface area contributed by atoms with Crippen LogP contribution >= 0.6 is 0 Å². The van der Waals surface area contributed by atoms with Gasteiger partial charge in [0.15, 0.2) is 0 Å². The van der Waals surface area contributed by atoms with Crippen LogP contribution in [0.2, 0.25) is 0 Å². The largest absolute Gasteiger partial charge is 0.381 e. The van der Waals surface area contributed by atoms with Gasteiger partial charge in [-0.15, -0.1) is 0 Å². The molecule has 0 aliphatic rings. The molecule has 0 fully saturated rings. The molecule has 0 heterocycles. The van der Waals surface area contributed by atoms with E-state index in [-0.39, 0.29) is 0 Å². The first-order chi connectivity index (χ1) is 8.35. The third kappa shape index (κ3) is 11.9. The average molecular weight is 242 g/mol. The zero-order valence-electron chi connectivity index (χ0n) is 11.7. The van der Waals surface area contributed by atoms with Gasteiger partial charge in [0.2, 0.25) is 0 Å². The molecule has 17 heavy (non-hydrogen) atoms. The number of hydrogen-bond donors (Lipinski definition) is 0. The SMILES string of the molecule is CCCCCCC(CCCC)COCCC=O. The van der Waals surface area contributed by atoms with Crippen molar-refractivity contribution in [3.05, 3.63) is 0 Å². The smallest absolute Gasteiger partial charge is 0.122 e. The number of carbonyl (C=O) groups excluding carboxylic acids is 1. The van der Waals surface area contributed by atoms with Gasteiger partial charge in [0.25, 0.3) is 0 Å². The highest BCUT2D eigenvalue weighted by atomic mass is 16.5. The van der Waals surface area contributed by atoms with Crippen LogP contribution in [0, 0.1) is 5.92 Å². The van der Waals surface area contributed by atoms with E-state index in [0.29, 0.717) is 18.9 Å². The Balaban J connectivity index is 3.59. The number of carbonyl (C=O) groups is 1. The van der Waals surface area contributed by atoms with E-state index in [1.54, 1.807) is 0 Å². The first-order valence-corrected chi connectivity index (χ1v) is 7.36. The Morgan fingerprint density at radius 1 is 1.00 bits per heavy atom. The van der Waals surface area contributed by atoms with Crippen LogP contribution in [0.15, 0.2) is 0 Å². The molecule has 0 aromatic rings. The summed E-state index contributed by atoms with van der Waals surface area (Å²) in [4.78, 5) is 10.2. The minimum absolute atomic E-state index is 0.538. The molecule has 102 valence electrons. The summed E-state index contributed by atoms with van der Waals surface area (Å²) in [5.41, 5.74) is 0. The van der Waals surface area contributed by atoms with Gasteiger partial charge in [-0.1, -0.05) is 52.4 Å². The molecule has 0 N–H and O–H groups in total. The number of unbranched alkanes of at least 4 members (excludes halogenated alkanes) is 4. The van der Waals surface area contributed by atoms with Crippen molar-refractivity contribution in [1.29, 1.82) is 0 Å². The monoisotopic (exact) mass is 242 g/mol. The molecule has 2 nitrogen and oxygen atoms in total. The van der Waals surface area contributed by atoms with Crippen molar-refractivity contribution in [2.24, 2.45) is 5.92 Å². The van der Waals surface area contributed by atoms with Gasteiger partial charge in [-0.25, -0.2) is 0 Å². The molecular weight excluding hydrogens is 212 g/mol. The van der Waals surface area contributed by atoms with Crippen LogP contribution < -0.4 is 0 Å². The molecule has 0 rings (SSSR count). The first-order valence-electron chi connectivity index (χ1n) is 7.36. The van der Waals surface area contributed by atoms with E-state index in [9.17, 15) is 4.79 Å². The second-order valence-corrected chi connectivity index (χ2v) is 4.89. The molecule has 1 atom stereocenters. The van der Waals surface area contributed by atoms with Crippen molar-refractivity contribution in [3.63, 3.8) is 0 Å². The lowest BCUT2D eigenvalue weighted by Crippen LogP contribution is -2.11. The van der Waals surface area contributed by atoms with Gasteiger partial charge in [0, 0.05) is 13.0 Å². The fourth-order valence-electron chi connectivity index (χ4n) is 2.05. The molecule has 0 spiro atoms. The summed E-state index contributed by atoms with van der Waals surface area (Å²) >= 11 is 0. The van der Waals surface area contributed by atoms with Crippen LogP contribution in [-0.2, 0) is 9.53 Å². The molecule has 0 amide bonds. The van der Waals surface area contributed by atoms with E-state index in [2.05, 4.69) is 13.8 Å². The van der Waals surface area contributed by atoms with E-state index in [0.717, 1.165) is 12.9 Å². The van der Waals surface area contributed by atoms with Gasteiger partial charge in [-0.2, -0.15) is 0 Å². The third-order valence-electron chi connectivity index (χ3n) is 3.17. The fourth-order valence-corrected chi connectivity index (χ4v) is 2.05. The lowest BCUT2D eigenvalue weighted by Gasteiger charge is -2.16. The molecule has 0 saturated carbocycles. The minimum atomic E-state index is 0.538. The Morgan fingerprint density at radius 2 is 1.71 bits per heavy atom. The van der Waals surface area contributed by atoms with Crippen molar-refractivity contribution in [3.8, 4) is 0 Å². The summed E-state index contributed by atoms with van der Waals surface area (Å²) in [6.07, 6.45) is 12.0. The Kier molecular flexibility index (Phi) is 13.4. The second kappa shape index (κ2) is 13.7. The topological polar surface area (TPSA) is 26.3 Å². The van der Waals surface area contributed by atoms with Gasteiger partial charge in [-0.05, 0) is 18.8 Å². The maximum absolute atomic E-state index is 10.2. The van der Waals surface area contributed by atoms with Gasteiger partial charge in [-0.3, -0.25) is 0 Å². The molecule has 0 bridgehead atoms. The number of ether oxygens (including phenoxy) is 1. The summed E-state index contributed by atoms with van der Waals surface area (Å²) < 4.78 is 5.56. The molecule has 0 aromatic carbocycles. The minimum Gasteiger partial charge on any atom is -0.381 e. The predicted molar refractivity (Wildman–Crippen MR) is 73.3 cm³/mol. The summed E-state index contributed by atoms with van der Waals surface area (Å²) in [6.45, 7) is 5.93. The zero-order valence-corrected chi connectivity index (χ0v) is 11.7. The standard InChI is InChI=1S/C15H30O2/c1-3-5-7-8-11-15(10-6-4-2)14-17-13-9-12-16/h12,15H,3-11,13-14H2,1-2H3. The van der Waals surface area contributed by atoms with Crippen LogP contribution in [0.25, 0.3) is 0 Å². The Morgan fingerprint density at radius 3 is 2.35 bits per heavy atom. The molecule has 1 unspecified atom stereocenters. The molecule has 2 heteroatoms.